The van der Waals surface area contributed by atoms with E-state index in [1.165, 1.54) is 0 Å². The zero-order valence-corrected chi connectivity index (χ0v) is 16.9. The van der Waals surface area contributed by atoms with Crippen molar-refractivity contribution in [3.63, 3.8) is 0 Å². The van der Waals surface area contributed by atoms with Crippen molar-refractivity contribution in [3.8, 4) is 5.88 Å². The van der Waals surface area contributed by atoms with Crippen molar-refractivity contribution < 1.29 is 14.7 Å². The molecule has 0 aliphatic carbocycles. The molecule has 1 fully saturated rings. The van der Waals surface area contributed by atoms with Gasteiger partial charge in [0.15, 0.2) is 12.5 Å². The highest BCUT2D eigenvalue weighted by atomic mass is 16.6. The average molecular weight is 417 g/mol. The van der Waals surface area contributed by atoms with Crippen LogP contribution in [0.2, 0.25) is 0 Å². The second-order valence-electron chi connectivity index (χ2n) is 7.68. The number of carbonyl (C=O) groups is 1. The summed E-state index contributed by atoms with van der Waals surface area (Å²) in [6.45, 7) is 1.63. The molecule has 158 valence electrons. The summed E-state index contributed by atoms with van der Waals surface area (Å²) in [5.74, 6) is -0.180. The van der Waals surface area contributed by atoms with Gasteiger partial charge >= 0.3 is 0 Å². The number of amides is 1. The van der Waals surface area contributed by atoms with E-state index in [1.807, 2.05) is 48.5 Å². The Kier molecular flexibility index (Phi) is 5.13. The summed E-state index contributed by atoms with van der Waals surface area (Å²) in [6, 6.07) is 15.3. The van der Waals surface area contributed by atoms with Crippen LogP contribution in [0.25, 0.3) is 10.9 Å². The second-order valence-corrected chi connectivity index (χ2v) is 7.68. The molecule has 1 amide bonds. The Balaban J connectivity index is 1.41. The number of para-hydroxylation sites is 2. The quantitative estimate of drug-likeness (QED) is 0.478. The van der Waals surface area contributed by atoms with Crippen LogP contribution in [0.4, 0.5) is 5.69 Å². The molecule has 3 aromatic rings. The van der Waals surface area contributed by atoms with E-state index in [9.17, 15) is 9.90 Å². The Bertz CT molecular complexity index is 1190. The van der Waals surface area contributed by atoms with Gasteiger partial charge in [-0.05, 0) is 38.1 Å². The number of H-pyrrole nitrogens is 1. The standard InChI is InChI=1S/C23H23N5O3/c29-19(25-14-9-11-24-12-10-14)13-31-28-21-16-6-2-4-8-18(16)26-22(21)20-15-5-1-3-7-17(15)27-23(20)30/h1-8,14,24,27,30H,9-13H2,(H,25,29)/b28-21+. The molecule has 0 spiro atoms. The van der Waals surface area contributed by atoms with Crippen molar-refractivity contribution in [1.29, 1.82) is 0 Å². The van der Waals surface area contributed by atoms with E-state index >= 15 is 0 Å². The molecule has 0 bridgehead atoms. The lowest BCUT2D eigenvalue weighted by Crippen LogP contribution is -2.43. The van der Waals surface area contributed by atoms with Gasteiger partial charge in [0, 0.05) is 22.5 Å². The lowest BCUT2D eigenvalue weighted by Gasteiger charge is -2.23. The normalized spacial score (nSPS) is 17.5. The number of rotatable bonds is 5. The van der Waals surface area contributed by atoms with E-state index in [2.05, 4.69) is 20.8 Å². The third-order valence-corrected chi connectivity index (χ3v) is 5.59. The van der Waals surface area contributed by atoms with Crippen molar-refractivity contribution in [2.75, 3.05) is 19.7 Å². The van der Waals surface area contributed by atoms with Crippen molar-refractivity contribution >= 4 is 33.9 Å². The zero-order valence-electron chi connectivity index (χ0n) is 16.9. The van der Waals surface area contributed by atoms with Gasteiger partial charge in [0.2, 0.25) is 0 Å². The van der Waals surface area contributed by atoms with E-state index in [1.54, 1.807) is 0 Å². The molecule has 2 aliphatic heterocycles. The molecule has 2 aliphatic rings. The van der Waals surface area contributed by atoms with Crippen LogP contribution in [0.3, 0.4) is 0 Å². The molecule has 31 heavy (non-hydrogen) atoms. The number of carbonyl (C=O) groups excluding carboxylic acids is 1. The van der Waals surface area contributed by atoms with E-state index in [0.29, 0.717) is 17.0 Å². The first-order chi connectivity index (χ1) is 15.2. The van der Waals surface area contributed by atoms with E-state index in [0.717, 1.165) is 48.1 Å². The van der Waals surface area contributed by atoms with Gasteiger partial charge in [-0.2, -0.15) is 0 Å². The predicted molar refractivity (Wildman–Crippen MR) is 119 cm³/mol. The fourth-order valence-corrected chi connectivity index (χ4v) is 4.10. The van der Waals surface area contributed by atoms with Crippen LogP contribution in [0.15, 0.2) is 58.7 Å². The number of aromatic nitrogens is 1. The molecule has 1 aromatic heterocycles. The van der Waals surface area contributed by atoms with E-state index in [-0.39, 0.29) is 24.4 Å². The Morgan fingerprint density at radius 2 is 1.94 bits per heavy atom. The number of nitrogens with zero attached hydrogens (tertiary/aromatic N) is 2. The largest absolute Gasteiger partial charge is 0.494 e. The monoisotopic (exact) mass is 417 g/mol. The van der Waals surface area contributed by atoms with Gasteiger partial charge in [0.1, 0.15) is 11.4 Å². The molecule has 1 saturated heterocycles. The van der Waals surface area contributed by atoms with Gasteiger partial charge in [0.25, 0.3) is 5.91 Å². The molecule has 5 rings (SSSR count). The number of oxime groups is 1. The predicted octanol–water partition coefficient (Wildman–Crippen LogP) is 2.60. The molecule has 2 aromatic carbocycles. The Hall–Kier alpha value is -3.65. The fourth-order valence-electron chi connectivity index (χ4n) is 4.10. The maximum atomic E-state index is 12.3. The topological polar surface area (TPSA) is 111 Å². The minimum absolute atomic E-state index is 0.0177. The number of aliphatic imine (C=N–C) groups is 1. The van der Waals surface area contributed by atoms with E-state index in [4.69, 9.17) is 9.83 Å². The molecular formula is C23H23N5O3. The summed E-state index contributed by atoms with van der Waals surface area (Å²) in [7, 11) is 0. The molecular weight excluding hydrogens is 394 g/mol. The van der Waals surface area contributed by atoms with Crippen LogP contribution in [0.1, 0.15) is 24.0 Å². The molecule has 8 heteroatoms. The van der Waals surface area contributed by atoms with Crippen molar-refractivity contribution in [2.24, 2.45) is 10.1 Å². The molecule has 3 heterocycles. The third kappa shape index (κ3) is 3.77. The smallest absolute Gasteiger partial charge is 0.260 e. The van der Waals surface area contributed by atoms with Crippen LogP contribution >= 0.6 is 0 Å². The van der Waals surface area contributed by atoms with Crippen molar-refractivity contribution in [2.45, 2.75) is 18.9 Å². The Morgan fingerprint density at radius 1 is 1.16 bits per heavy atom. The summed E-state index contributed by atoms with van der Waals surface area (Å²) in [5.41, 5.74) is 3.90. The lowest BCUT2D eigenvalue weighted by molar-refractivity contribution is -0.126. The number of hydrogen-bond acceptors (Lipinski definition) is 6. The third-order valence-electron chi connectivity index (χ3n) is 5.59. The summed E-state index contributed by atoms with van der Waals surface area (Å²) >= 11 is 0. The van der Waals surface area contributed by atoms with Crippen molar-refractivity contribution in [1.82, 2.24) is 15.6 Å². The first-order valence-corrected chi connectivity index (χ1v) is 10.4. The zero-order chi connectivity index (χ0) is 21.2. The SMILES string of the molecule is O=C(CO/N=C1/C(c2c(O)[nH]c3ccccc23)=Nc2ccccc21)NC1CCNCC1. The summed E-state index contributed by atoms with van der Waals surface area (Å²) in [6.07, 6.45) is 1.81. The highest BCUT2D eigenvalue weighted by Gasteiger charge is 2.29. The number of aromatic amines is 1. The van der Waals surface area contributed by atoms with Crippen LogP contribution in [-0.2, 0) is 9.63 Å². The van der Waals surface area contributed by atoms with Crippen LogP contribution in [0.5, 0.6) is 5.88 Å². The number of nitrogens with one attached hydrogen (secondary N) is 3. The Morgan fingerprint density at radius 3 is 2.81 bits per heavy atom. The number of fused-ring (bicyclic) bond motifs is 2. The number of piperidine rings is 1. The first kappa shape index (κ1) is 19.3. The van der Waals surface area contributed by atoms with Gasteiger partial charge in [0.05, 0.1) is 11.3 Å². The second kappa shape index (κ2) is 8.23. The van der Waals surface area contributed by atoms with Crippen LogP contribution < -0.4 is 10.6 Å². The van der Waals surface area contributed by atoms with Crippen LogP contribution in [0, 0.1) is 0 Å². The fraction of sp³-hybridized carbons (Fsp3) is 0.261. The number of benzene rings is 2. The highest BCUT2D eigenvalue weighted by Crippen LogP contribution is 2.35. The van der Waals surface area contributed by atoms with Gasteiger partial charge < -0.3 is 25.6 Å². The van der Waals surface area contributed by atoms with Crippen molar-refractivity contribution in [3.05, 3.63) is 59.7 Å². The summed E-state index contributed by atoms with van der Waals surface area (Å²) in [4.78, 5) is 25.4. The molecule has 8 nitrogen and oxygen atoms in total. The average Bonchev–Trinajstić information content (AvgIpc) is 3.31. The number of hydrogen-bond donors (Lipinski definition) is 4. The molecule has 0 atom stereocenters. The maximum Gasteiger partial charge on any atom is 0.260 e. The van der Waals surface area contributed by atoms with Gasteiger partial charge in [-0.1, -0.05) is 41.6 Å². The summed E-state index contributed by atoms with van der Waals surface area (Å²) in [5, 5.41) is 22.0. The summed E-state index contributed by atoms with van der Waals surface area (Å²) < 4.78 is 0. The van der Waals surface area contributed by atoms with Gasteiger partial charge in [-0.15, -0.1) is 0 Å². The lowest BCUT2D eigenvalue weighted by atomic mass is 10.0. The first-order valence-electron chi connectivity index (χ1n) is 10.4. The molecule has 0 unspecified atom stereocenters. The van der Waals surface area contributed by atoms with E-state index < -0.39 is 0 Å². The highest BCUT2D eigenvalue weighted by molar-refractivity contribution is 6.58. The minimum Gasteiger partial charge on any atom is -0.494 e. The molecule has 4 N–H and O–H groups in total. The minimum atomic E-state index is -0.198. The Labute approximate surface area is 179 Å². The number of aromatic hydroxyl groups is 1. The molecule has 0 saturated carbocycles. The van der Waals surface area contributed by atoms with Gasteiger partial charge in [-0.3, -0.25) is 4.79 Å². The maximum absolute atomic E-state index is 12.3. The van der Waals surface area contributed by atoms with Gasteiger partial charge in [-0.25, -0.2) is 4.99 Å². The van der Waals surface area contributed by atoms with Crippen LogP contribution in [-0.4, -0.2) is 53.2 Å². The molecule has 0 radical (unpaired) electrons.